The van der Waals surface area contributed by atoms with E-state index in [1.165, 1.54) is 21.5 Å². The molecule has 0 fully saturated rings. The molecule has 0 spiro atoms. The van der Waals surface area contributed by atoms with Gasteiger partial charge in [-0.2, -0.15) is 0 Å². The highest BCUT2D eigenvalue weighted by molar-refractivity contribution is 6.16. The van der Waals surface area contributed by atoms with Gasteiger partial charge < -0.3 is 27.1 Å². The molecule has 6 heterocycles. The maximum absolute atomic E-state index is 14.9. The zero-order chi connectivity index (χ0) is 61.6. The molecule has 0 aliphatic heterocycles. The topological polar surface area (TPSA) is 80.1 Å². The molecule has 6 aromatic heterocycles. The van der Waals surface area contributed by atoms with E-state index >= 15 is 0 Å². The Morgan fingerprint density at radius 3 is 0.787 bits per heavy atom. The normalized spacial score (nSPS) is 12.3. The lowest BCUT2D eigenvalue weighted by Crippen LogP contribution is -2.06. The summed E-state index contributed by atoms with van der Waals surface area (Å²) >= 11 is 0. The van der Waals surface area contributed by atoms with Crippen LogP contribution in [0.25, 0.3) is 198 Å². The monoisotopic (exact) mass is 1200 g/mol. The maximum Gasteiger partial charge on any atom is 0.200 e. The Hall–Kier alpha value is -12.8. The summed E-state index contributed by atoms with van der Waals surface area (Å²) < 4.78 is 23.1. The minimum atomic E-state index is -0.129. The molecular formula is C86H48N4O4. The van der Waals surface area contributed by atoms with E-state index in [0.717, 1.165) is 133 Å². The van der Waals surface area contributed by atoms with Crippen molar-refractivity contribution in [2.45, 2.75) is 0 Å². The molecule has 8 heteroatoms. The van der Waals surface area contributed by atoms with Crippen LogP contribution in [0, 0.1) is 0 Å². The van der Waals surface area contributed by atoms with Gasteiger partial charge in [-0.25, -0.2) is 0 Å². The lowest BCUT2D eigenvalue weighted by molar-refractivity contribution is 0.659. The van der Waals surface area contributed by atoms with Gasteiger partial charge in [-0.15, -0.1) is 0 Å². The smallest absolute Gasteiger partial charge is 0.200 e. The minimum Gasteiger partial charge on any atom is -0.456 e. The number of para-hydroxylation sites is 8. The van der Waals surface area contributed by atoms with Crippen molar-refractivity contribution in [1.82, 2.24) is 18.3 Å². The Balaban J connectivity index is 0.856. The zero-order valence-corrected chi connectivity index (χ0v) is 50.1. The number of aromatic nitrogens is 4. The summed E-state index contributed by atoms with van der Waals surface area (Å²) in [5, 5.41) is 11.3. The van der Waals surface area contributed by atoms with Gasteiger partial charge in [0.05, 0.1) is 65.7 Å². The molecule has 0 atom stereocenters. The largest absolute Gasteiger partial charge is 0.456 e. The number of benzene rings is 14. The molecular weight excluding hydrogens is 1150 g/mol. The van der Waals surface area contributed by atoms with Crippen LogP contribution in [0.5, 0.6) is 0 Å². The standard InChI is InChI=1S/C86H48N4O4/c91-85-61-23-7-15-31-81(61)93-83-47-67-53-37-33-49(89-77-29-13-5-21-59(77)69-43-51(35-39-79(69)89)87-73-25-9-1-17-55(73)56-18-2-10-26-74(56)87)41-63(53)64-42-50(34-38-54(64)68-48-84-72(46-66(68)65(67)45-71(83)85)86(92)62-24-8-16-32-82(62)94-84)90-78-30-14-6-22-60(78)70-44-52(36-40-80(70)90)88-75-27-11-3-19-57(75)58-20-4-12-28-76(58)88/h1-48H. The van der Waals surface area contributed by atoms with Crippen LogP contribution < -0.4 is 10.9 Å². The average molecular weight is 1200 g/mol. The summed E-state index contributed by atoms with van der Waals surface area (Å²) in [5.74, 6) is 0. The van der Waals surface area contributed by atoms with Gasteiger partial charge in [0.15, 0.2) is 0 Å². The van der Waals surface area contributed by atoms with Gasteiger partial charge >= 0.3 is 0 Å². The SMILES string of the molecule is O=c1c2ccccc2oc2cc3c(cc12)-c1cc2c(=O)c4ccccc4oc2cc1-c1ccc(-n2c4ccccc4c4cc(-n5c6ccccc6c6ccccc65)ccc42)cc1-c1cc(-n2c4ccccc4c4cc(-n5c6ccccc6c6ccccc65)ccc42)ccc1-3. The third-order valence-electron chi connectivity index (χ3n) is 20.1. The van der Waals surface area contributed by atoms with Gasteiger partial charge in [-0.3, -0.25) is 9.59 Å². The number of hydrogen-bond donors (Lipinski definition) is 0. The van der Waals surface area contributed by atoms with E-state index in [1.54, 1.807) is 0 Å². The van der Waals surface area contributed by atoms with Crippen molar-refractivity contribution < 1.29 is 8.83 Å². The van der Waals surface area contributed by atoms with Gasteiger partial charge in [0.2, 0.25) is 10.9 Å². The number of nitrogens with zero attached hydrogens (tertiary/aromatic N) is 4. The van der Waals surface area contributed by atoms with Crippen molar-refractivity contribution in [2.24, 2.45) is 0 Å². The van der Waals surface area contributed by atoms with E-state index in [0.29, 0.717) is 43.9 Å². The van der Waals surface area contributed by atoms with Crippen LogP contribution in [-0.4, -0.2) is 18.3 Å². The van der Waals surface area contributed by atoms with Crippen LogP contribution in [0.4, 0.5) is 0 Å². The second-order valence-electron chi connectivity index (χ2n) is 24.9. The first-order valence-corrected chi connectivity index (χ1v) is 31.8. The number of rotatable bonds is 4. The van der Waals surface area contributed by atoms with Crippen LogP contribution in [-0.2, 0) is 0 Å². The van der Waals surface area contributed by atoms with E-state index in [-0.39, 0.29) is 10.9 Å². The Morgan fingerprint density at radius 2 is 0.436 bits per heavy atom. The predicted octanol–water partition coefficient (Wildman–Crippen LogP) is 21.6. The van der Waals surface area contributed by atoms with Crippen molar-refractivity contribution >= 4 is 131 Å². The highest BCUT2D eigenvalue weighted by atomic mass is 16.3. The summed E-state index contributed by atoms with van der Waals surface area (Å²) in [6.45, 7) is 0. The summed E-state index contributed by atoms with van der Waals surface area (Å²) in [6.07, 6.45) is 0. The van der Waals surface area contributed by atoms with E-state index in [2.05, 4.69) is 237 Å². The quantitative estimate of drug-likeness (QED) is 0.164. The number of hydrogen-bond acceptors (Lipinski definition) is 4. The zero-order valence-electron chi connectivity index (χ0n) is 50.1. The van der Waals surface area contributed by atoms with Crippen LogP contribution in [0.15, 0.2) is 310 Å². The lowest BCUT2D eigenvalue weighted by Gasteiger charge is -2.25. The predicted molar refractivity (Wildman–Crippen MR) is 386 cm³/mol. The van der Waals surface area contributed by atoms with E-state index in [9.17, 15) is 9.59 Å². The first kappa shape index (κ1) is 51.0. The Kier molecular flexibility index (Phi) is 10.3. The van der Waals surface area contributed by atoms with Gasteiger partial charge in [0, 0.05) is 65.8 Å². The molecule has 0 bridgehead atoms. The van der Waals surface area contributed by atoms with Gasteiger partial charge in [0.1, 0.15) is 22.3 Å². The van der Waals surface area contributed by atoms with E-state index in [4.69, 9.17) is 8.83 Å². The summed E-state index contributed by atoms with van der Waals surface area (Å²) in [6, 6.07) is 102. The molecule has 1 aliphatic carbocycles. The first-order valence-electron chi connectivity index (χ1n) is 31.8. The fourth-order valence-electron chi connectivity index (χ4n) is 16.0. The van der Waals surface area contributed by atoms with Gasteiger partial charge in [-0.1, -0.05) is 146 Å². The molecule has 0 saturated heterocycles. The van der Waals surface area contributed by atoms with E-state index in [1.807, 2.05) is 72.8 Å². The molecule has 0 unspecified atom stereocenters. The second-order valence-corrected chi connectivity index (χ2v) is 24.9. The van der Waals surface area contributed by atoms with Crippen molar-refractivity contribution in [3.8, 4) is 67.3 Å². The first-order chi connectivity index (χ1) is 46.5. The Labute approximate surface area is 534 Å². The third-order valence-corrected chi connectivity index (χ3v) is 20.1. The van der Waals surface area contributed by atoms with Crippen LogP contribution >= 0.6 is 0 Å². The fraction of sp³-hybridized carbons (Fsp3) is 0. The molecule has 0 radical (unpaired) electrons. The van der Waals surface area contributed by atoms with Gasteiger partial charge in [0.25, 0.3) is 0 Å². The highest BCUT2D eigenvalue weighted by Crippen LogP contribution is 2.52. The Bertz CT molecular complexity index is 6400. The van der Waals surface area contributed by atoms with Crippen LogP contribution in [0.1, 0.15) is 0 Å². The maximum atomic E-state index is 14.9. The molecule has 21 rings (SSSR count). The van der Waals surface area contributed by atoms with Crippen molar-refractivity contribution in [3.05, 3.63) is 312 Å². The fourth-order valence-corrected chi connectivity index (χ4v) is 16.0. The van der Waals surface area contributed by atoms with Crippen molar-refractivity contribution in [1.29, 1.82) is 0 Å². The lowest BCUT2D eigenvalue weighted by atomic mass is 9.79. The molecule has 20 aromatic rings. The Morgan fingerprint density at radius 1 is 0.181 bits per heavy atom. The molecule has 1 aliphatic rings. The summed E-state index contributed by atoms with van der Waals surface area (Å²) in [4.78, 5) is 29.8. The average Bonchev–Trinajstić information content (AvgIpc) is 1.19. The van der Waals surface area contributed by atoms with Gasteiger partial charge in [-0.05, 0) is 190 Å². The molecule has 8 nitrogen and oxygen atoms in total. The second kappa shape index (κ2) is 18.9. The highest BCUT2D eigenvalue weighted by Gasteiger charge is 2.29. The minimum absolute atomic E-state index is 0.129. The van der Waals surface area contributed by atoms with Crippen LogP contribution in [0.3, 0.4) is 0 Å². The number of fused-ring (bicyclic) bond motifs is 24. The molecule has 94 heavy (non-hydrogen) atoms. The molecule has 0 N–H and O–H groups in total. The summed E-state index contributed by atoms with van der Waals surface area (Å²) in [5.41, 5.74) is 21.7. The third kappa shape index (κ3) is 7.00. The van der Waals surface area contributed by atoms with Crippen molar-refractivity contribution in [3.63, 3.8) is 0 Å². The van der Waals surface area contributed by atoms with E-state index < -0.39 is 0 Å². The molecule has 436 valence electrons. The van der Waals surface area contributed by atoms with Crippen molar-refractivity contribution in [2.75, 3.05) is 0 Å². The van der Waals surface area contributed by atoms with Crippen LogP contribution in [0.2, 0.25) is 0 Å². The summed E-state index contributed by atoms with van der Waals surface area (Å²) in [7, 11) is 0. The molecule has 14 aromatic carbocycles. The molecule has 0 saturated carbocycles. The molecule has 0 amide bonds.